The van der Waals surface area contributed by atoms with E-state index in [0.29, 0.717) is 30.9 Å². The van der Waals surface area contributed by atoms with Gasteiger partial charge in [0.15, 0.2) is 6.29 Å². The first-order valence-corrected chi connectivity index (χ1v) is 6.38. The molecule has 2 rings (SSSR count). The number of aliphatic hydroxyl groups excluding tert-OH is 1. The van der Waals surface area contributed by atoms with Gasteiger partial charge in [-0.3, -0.25) is 4.79 Å². The van der Waals surface area contributed by atoms with E-state index in [4.69, 9.17) is 5.11 Å². The highest BCUT2D eigenvalue weighted by atomic mass is 19.1. The van der Waals surface area contributed by atoms with Crippen LogP contribution >= 0.6 is 0 Å². The number of carbonyl (C=O) groups excluding carboxylic acids is 1. The summed E-state index contributed by atoms with van der Waals surface area (Å²) < 4.78 is 13.1. The number of carbonyl (C=O) groups is 1. The molecule has 1 N–H and O–H groups in total. The average molecular weight is 251 g/mol. The van der Waals surface area contributed by atoms with Crippen LogP contribution in [0.15, 0.2) is 18.2 Å². The summed E-state index contributed by atoms with van der Waals surface area (Å²) in [4.78, 5) is 13.2. The predicted molar refractivity (Wildman–Crippen MR) is 68.5 cm³/mol. The van der Waals surface area contributed by atoms with Gasteiger partial charge in [0.1, 0.15) is 5.82 Å². The second-order valence-electron chi connectivity index (χ2n) is 4.68. The zero-order valence-electron chi connectivity index (χ0n) is 10.3. The maximum Gasteiger partial charge on any atom is 0.152 e. The Bertz CT molecular complexity index is 418. The van der Waals surface area contributed by atoms with Gasteiger partial charge in [-0.2, -0.15) is 0 Å². The van der Waals surface area contributed by atoms with Gasteiger partial charge in [0.2, 0.25) is 0 Å². The Morgan fingerprint density at radius 1 is 1.44 bits per heavy atom. The molecule has 18 heavy (non-hydrogen) atoms. The maximum atomic E-state index is 13.1. The monoisotopic (exact) mass is 251 g/mol. The molecule has 1 aromatic carbocycles. The molecular formula is C14H18FNO2. The molecule has 0 bridgehead atoms. The minimum atomic E-state index is -0.392. The molecule has 0 amide bonds. The van der Waals surface area contributed by atoms with Crippen molar-refractivity contribution in [3.8, 4) is 0 Å². The summed E-state index contributed by atoms with van der Waals surface area (Å²) >= 11 is 0. The first kappa shape index (κ1) is 13.0. The number of aldehydes is 1. The highest BCUT2D eigenvalue weighted by Gasteiger charge is 2.26. The van der Waals surface area contributed by atoms with Crippen LogP contribution in [0.25, 0.3) is 0 Å². The van der Waals surface area contributed by atoms with E-state index in [1.54, 1.807) is 6.07 Å². The number of nitrogens with zero attached hydrogens (tertiary/aromatic N) is 1. The topological polar surface area (TPSA) is 40.5 Å². The van der Waals surface area contributed by atoms with E-state index in [9.17, 15) is 9.18 Å². The molecule has 3 nitrogen and oxygen atoms in total. The lowest BCUT2D eigenvalue weighted by Gasteiger charge is -2.40. The van der Waals surface area contributed by atoms with E-state index in [1.807, 2.05) is 0 Å². The quantitative estimate of drug-likeness (QED) is 0.789. The molecule has 0 unspecified atom stereocenters. The van der Waals surface area contributed by atoms with Crippen molar-refractivity contribution in [1.29, 1.82) is 0 Å². The Kier molecular flexibility index (Phi) is 4.31. The third kappa shape index (κ3) is 2.70. The summed E-state index contributed by atoms with van der Waals surface area (Å²) in [6, 6.07) is 4.73. The summed E-state index contributed by atoms with van der Waals surface area (Å²) in [5.74, 6) is -0.392. The molecule has 1 fully saturated rings. The molecule has 0 spiro atoms. The van der Waals surface area contributed by atoms with Crippen LogP contribution in [-0.2, 0) is 0 Å². The maximum absolute atomic E-state index is 13.1. The molecule has 1 aliphatic carbocycles. The number of anilines is 1. The summed E-state index contributed by atoms with van der Waals surface area (Å²) in [5, 5.41) is 8.95. The van der Waals surface area contributed by atoms with E-state index in [1.165, 1.54) is 18.6 Å². The SMILES string of the molecule is O=Cc1cc(F)ccc1N(CCCO)C1CCC1. The van der Waals surface area contributed by atoms with Crippen LogP contribution in [0.2, 0.25) is 0 Å². The van der Waals surface area contributed by atoms with E-state index >= 15 is 0 Å². The van der Waals surface area contributed by atoms with Crippen molar-refractivity contribution in [3.63, 3.8) is 0 Å². The van der Waals surface area contributed by atoms with Crippen molar-refractivity contribution in [3.05, 3.63) is 29.6 Å². The van der Waals surface area contributed by atoms with Gasteiger partial charge in [-0.25, -0.2) is 4.39 Å². The summed E-state index contributed by atoms with van der Waals surface area (Å²) in [7, 11) is 0. The highest BCUT2D eigenvalue weighted by Crippen LogP contribution is 2.31. The molecule has 4 heteroatoms. The second-order valence-corrected chi connectivity index (χ2v) is 4.68. The molecule has 1 aliphatic rings. The molecule has 0 atom stereocenters. The lowest BCUT2D eigenvalue weighted by molar-refractivity contribution is 0.112. The Morgan fingerprint density at radius 3 is 2.78 bits per heavy atom. The van der Waals surface area contributed by atoms with Gasteiger partial charge in [0.25, 0.3) is 0 Å². The van der Waals surface area contributed by atoms with E-state index in [2.05, 4.69) is 4.90 Å². The Hall–Kier alpha value is -1.42. The van der Waals surface area contributed by atoms with Crippen LogP contribution in [0.3, 0.4) is 0 Å². The van der Waals surface area contributed by atoms with Crippen LogP contribution in [0.4, 0.5) is 10.1 Å². The zero-order chi connectivity index (χ0) is 13.0. The fraction of sp³-hybridized carbons (Fsp3) is 0.500. The molecule has 0 aliphatic heterocycles. The van der Waals surface area contributed by atoms with Crippen molar-refractivity contribution in [2.45, 2.75) is 31.7 Å². The Labute approximate surface area is 106 Å². The minimum absolute atomic E-state index is 0.126. The summed E-state index contributed by atoms with van der Waals surface area (Å²) in [6.45, 7) is 0.828. The van der Waals surface area contributed by atoms with Gasteiger partial charge in [0, 0.05) is 30.4 Å². The molecular weight excluding hydrogens is 233 g/mol. The Balaban J connectivity index is 2.25. The van der Waals surface area contributed by atoms with Crippen molar-refractivity contribution in [2.24, 2.45) is 0 Å². The van der Waals surface area contributed by atoms with Crippen LogP contribution in [0.5, 0.6) is 0 Å². The Morgan fingerprint density at radius 2 is 2.22 bits per heavy atom. The molecule has 1 saturated carbocycles. The van der Waals surface area contributed by atoms with Crippen molar-refractivity contribution in [1.82, 2.24) is 0 Å². The third-order valence-corrected chi connectivity index (χ3v) is 3.50. The average Bonchev–Trinajstić information content (AvgIpc) is 2.32. The van der Waals surface area contributed by atoms with Gasteiger partial charge >= 0.3 is 0 Å². The van der Waals surface area contributed by atoms with Gasteiger partial charge in [-0.05, 0) is 43.9 Å². The number of halogens is 1. The van der Waals surface area contributed by atoms with Crippen molar-refractivity contribution in [2.75, 3.05) is 18.1 Å². The zero-order valence-corrected chi connectivity index (χ0v) is 10.3. The third-order valence-electron chi connectivity index (χ3n) is 3.50. The van der Waals surface area contributed by atoms with Gasteiger partial charge in [-0.1, -0.05) is 0 Å². The highest BCUT2D eigenvalue weighted by molar-refractivity contribution is 5.84. The number of rotatable bonds is 6. The largest absolute Gasteiger partial charge is 0.396 e. The molecule has 0 heterocycles. The summed E-state index contributed by atoms with van der Waals surface area (Å²) in [6.07, 6.45) is 4.75. The van der Waals surface area contributed by atoms with E-state index < -0.39 is 5.82 Å². The summed E-state index contributed by atoms with van der Waals surface area (Å²) in [5.41, 5.74) is 1.17. The lowest BCUT2D eigenvalue weighted by Crippen LogP contribution is -2.41. The normalized spacial score (nSPS) is 15.2. The van der Waals surface area contributed by atoms with Gasteiger partial charge in [0.05, 0.1) is 0 Å². The van der Waals surface area contributed by atoms with Gasteiger partial charge < -0.3 is 10.0 Å². The number of benzene rings is 1. The number of hydrogen-bond acceptors (Lipinski definition) is 3. The molecule has 1 aromatic rings. The van der Waals surface area contributed by atoms with Crippen molar-refractivity contribution >= 4 is 12.0 Å². The lowest BCUT2D eigenvalue weighted by atomic mass is 9.90. The fourth-order valence-electron chi connectivity index (χ4n) is 2.32. The van der Waals surface area contributed by atoms with Crippen LogP contribution in [-0.4, -0.2) is 30.6 Å². The standard InChI is InChI=1S/C14H18FNO2/c15-12-5-6-14(11(9-12)10-18)16(7-2-8-17)13-3-1-4-13/h5-6,9-10,13,17H,1-4,7-8H2. The smallest absolute Gasteiger partial charge is 0.152 e. The molecule has 98 valence electrons. The van der Waals surface area contributed by atoms with Gasteiger partial charge in [-0.15, -0.1) is 0 Å². The fourth-order valence-corrected chi connectivity index (χ4v) is 2.32. The minimum Gasteiger partial charge on any atom is -0.396 e. The molecule has 0 radical (unpaired) electrons. The molecule has 0 saturated heterocycles. The first-order chi connectivity index (χ1) is 8.76. The first-order valence-electron chi connectivity index (χ1n) is 6.38. The van der Waals surface area contributed by atoms with Crippen LogP contribution in [0.1, 0.15) is 36.0 Å². The van der Waals surface area contributed by atoms with Crippen LogP contribution < -0.4 is 4.90 Å². The van der Waals surface area contributed by atoms with E-state index in [-0.39, 0.29) is 6.61 Å². The van der Waals surface area contributed by atoms with E-state index in [0.717, 1.165) is 18.5 Å². The van der Waals surface area contributed by atoms with Crippen LogP contribution in [0, 0.1) is 5.82 Å². The number of hydrogen-bond donors (Lipinski definition) is 1. The second kappa shape index (κ2) is 5.96. The van der Waals surface area contributed by atoms with Crippen molar-refractivity contribution < 1.29 is 14.3 Å². The predicted octanol–water partition coefficient (Wildman–Crippen LogP) is 2.38. The molecule has 0 aromatic heterocycles. The number of aliphatic hydroxyl groups is 1.